The molecule has 3 aromatic rings. The normalized spacial score (nSPS) is 11.0. The van der Waals surface area contributed by atoms with Gasteiger partial charge >= 0.3 is 5.97 Å². The van der Waals surface area contributed by atoms with E-state index in [9.17, 15) is 9.59 Å². The van der Waals surface area contributed by atoms with Crippen molar-refractivity contribution in [3.63, 3.8) is 0 Å². The highest BCUT2D eigenvalue weighted by molar-refractivity contribution is 5.71. The number of nitrogens with zero attached hydrogens (tertiary/aromatic N) is 1. The summed E-state index contributed by atoms with van der Waals surface area (Å²) in [5.74, 6) is -0.779. The molecule has 0 saturated heterocycles. The molecule has 1 heterocycles. The summed E-state index contributed by atoms with van der Waals surface area (Å²) in [6.07, 6.45) is 5.57. The molecule has 0 unspecified atom stereocenters. The van der Waals surface area contributed by atoms with Crippen molar-refractivity contribution in [2.24, 2.45) is 0 Å². The number of esters is 1. The molecule has 31 heavy (non-hydrogen) atoms. The maximum atomic E-state index is 15.1. The van der Waals surface area contributed by atoms with Crippen molar-refractivity contribution in [1.29, 1.82) is 0 Å². The molecule has 0 bridgehead atoms. The van der Waals surface area contributed by atoms with Crippen molar-refractivity contribution >= 4 is 18.1 Å². The van der Waals surface area contributed by atoms with Gasteiger partial charge in [0.15, 0.2) is 0 Å². The molecule has 0 fully saturated rings. The summed E-state index contributed by atoms with van der Waals surface area (Å²) in [7, 11) is 0. The molecule has 1 aromatic heterocycles. The third kappa shape index (κ3) is 6.25. The molecule has 0 amide bonds. The van der Waals surface area contributed by atoms with Crippen molar-refractivity contribution in [3.05, 3.63) is 105 Å². The minimum Gasteiger partial charge on any atom is -0.466 e. The zero-order valence-electron chi connectivity index (χ0n) is 17.6. The Labute approximate surface area is 181 Å². The van der Waals surface area contributed by atoms with E-state index in [0.29, 0.717) is 25.0 Å². The van der Waals surface area contributed by atoms with Crippen molar-refractivity contribution in [1.82, 2.24) is 4.57 Å². The number of aromatic nitrogens is 1. The third-order valence-corrected chi connectivity index (χ3v) is 4.92. The van der Waals surface area contributed by atoms with Crippen molar-refractivity contribution in [2.75, 3.05) is 6.61 Å². The van der Waals surface area contributed by atoms with E-state index < -0.39 is 5.82 Å². The Balaban J connectivity index is 1.93. The fraction of sp³-hybridized carbons (Fsp3) is 0.231. The lowest BCUT2D eigenvalue weighted by molar-refractivity contribution is -0.143. The molecule has 0 atom stereocenters. The predicted molar refractivity (Wildman–Crippen MR) is 121 cm³/mol. The number of carbonyl (C=O) groups is 1. The minimum absolute atomic E-state index is 0.185. The van der Waals surface area contributed by atoms with Crippen LogP contribution in [0.2, 0.25) is 0 Å². The standard InChI is InChI=1S/C26H26FNO3/c1-2-31-25(29)15-9-14-23-22(17-16-20-10-5-3-6-11-20)24(27)19-28(26(23)30)18-21-12-7-4-8-13-21/h3-8,10-13,16-17,19H,2,9,14-15,18H2,1H3/b17-16+. The van der Waals surface area contributed by atoms with Crippen molar-refractivity contribution in [2.45, 2.75) is 32.7 Å². The molecule has 0 radical (unpaired) electrons. The third-order valence-electron chi connectivity index (χ3n) is 4.92. The Morgan fingerprint density at radius 1 is 1.03 bits per heavy atom. The zero-order valence-corrected chi connectivity index (χ0v) is 17.6. The summed E-state index contributed by atoms with van der Waals surface area (Å²) >= 11 is 0. The lowest BCUT2D eigenvalue weighted by Gasteiger charge is -2.13. The molecule has 0 spiro atoms. The second kappa shape index (κ2) is 11.1. The molecule has 0 aliphatic carbocycles. The first-order chi connectivity index (χ1) is 15.1. The van der Waals surface area contributed by atoms with Gasteiger partial charge in [-0.3, -0.25) is 9.59 Å². The Hall–Kier alpha value is -3.47. The topological polar surface area (TPSA) is 48.3 Å². The summed E-state index contributed by atoms with van der Waals surface area (Å²) in [6.45, 7) is 2.34. The molecule has 0 aliphatic rings. The van der Waals surface area contributed by atoms with Crippen LogP contribution in [0.4, 0.5) is 4.39 Å². The second-order valence-corrected chi connectivity index (χ2v) is 7.19. The summed E-state index contributed by atoms with van der Waals surface area (Å²) < 4.78 is 21.5. The zero-order chi connectivity index (χ0) is 22.1. The van der Waals surface area contributed by atoms with E-state index in [1.807, 2.05) is 60.7 Å². The first-order valence-corrected chi connectivity index (χ1v) is 10.4. The highest BCUT2D eigenvalue weighted by Crippen LogP contribution is 2.18. The van der Waals surface area contributed by atoms with Gasteiger partial charge < -0.3 is 9.30 Å². The number of carbonyl (C=O) groups excluding carboxylic acids is 1. The Kier molecular flexibility index (Phi) is 7.93. The molecular formula is C26H26FNO3. The van der Waals surface area contributed by atoms with Crippen LogP contribution in [0.1, 0.15) is 42.0 Å². The van der Waals surface area contributed by atoms with Crippen LogP contribution in [0, 0.1) is 5.82 Å². The van der Waals surface area contributed by atoms with Crippen LogP contribution in [-0.4, -0.2) is 17.1 Å². The second-order valence-electron chi connectivity index (χ2n) is 7.19. The lowest BCUT2D eigenvalue weighted by Crippen LogP contribution is -2.26. The molecule has 3 rings (SSSR count). The van der Waals surface area contributed by atoms with Gasteiger partial charge in [-0.2, -0.15) is 0 Å². The van der Waals surface area contributed by atoms with Crippen LogP contribution in [0.15, 0.2) is 71.7 Å². The largest absolute Gasteiger partial charge is 0.466 e. The summed E-state index contributed by atoms with van der Waals surface area (Å²) in [5.41, 5.74) is 2.21. The van der Waals surface area contributed by atoms with E-state index in [1.165, 1.54) is 10.8 Å². The summed E-state index contributed by atoms with van der Waals surface area (Å²) in [4.78, 5) is 24.9. The number of benzene rings is 2. The molecule has 160 valence electrons. The fourth-order valence-corrected chi connectivity index (χ4v) is 3.40. The van der Waals surface area contributed by atoms with E-state index in [0.717, 1.165) is 11.1 Å². The van der Waals surface area contributed by atoms with Gasteiger partial charge in [0.1, 0.15) is 5.82 Å². The van der Waals surface area contributed by atoms with Crippen molar-refractivity contribution in [3.8, 4) is 0 Å². The number of pyridine rings is 1. The van der Waals surface area contributed by atoms with Crippen LogP contribution in [0.5, 0.6) is 0 Å². The first-order valence-electron chi connectivity index (χ1n) is 10.4. The Morgan fingerprint density at radius 3 is 2.39 bits per heavy atom. The van der Waals surface area contributed by atoms with Crippen molar-refractivity contribution < 1.29 is 13.9 Å². The quantitative estimate of drug-likeness (QED) is 0.454. The van der Waals surface area contributed by atoms with Crippen LogP contribution < -0.4 is 5.56 Å². The number of hydrogen-bond acceptors (Lipinski definition) is 3. The highest BCUT2D eigenvalue weighted by Gasteiger charge is 2.15. The number of ether oxygens (including phenoxy) is 1. The molecule has 0 saturated carbocycles. The average molecular weight is 419 g/mol. The van der Waals surface area contributed by atoms with Gasteiger partial charge in [0, 0.05) is 23.7 Å². The molecule has 4 nitrogen and oxygen atoms in total. The van der Waals surface area contributed by atoms with Crippen LogP contribution in [-0.2, 0) is 22.5 Å². The maximum Gasteiger partial charge on any atom is 0.305 e. The van der Waals surface area contributed by atoms with E-state index in [4.69, 9.17) is 4.74 Å². The minimum atomic E-state index is -0.464. The Morgan fingerprint density at radius 2 is 1.71 bits per heavy atom. The Bertz CT molecular complexity index is 1090. The van der Waals surface area contributed by atoms with Gasteiger partial charge in [0.2, 0.25) is 0 Å². The van der Waals surface area contributed by atoms with Gasteiger partial charge in [0.05, 0.1) is 13.2 Å². The van der Waals surface area contributed by atoms with E-state index in [1.54, 1.807) is 19.1 Å². The van der Waals surface area contributed by atoms with Gasteiger partial charge in [-0.05, 0) is 30.9 Å². The van der Waals surface area contributed by atoms with Gasteiger partial charge in [-0.25, -0.2) is 4.39 Å². The van der Waals surface area contributed by atoms with E-state index >= 15 is 4.39 Å². The highest BCUT2D eigenvalue weighted by atomic mass is 19.1. The lowest BCUT2D eigenvalue weighted by atomic mass is 10.0. The van der Waals surface area contributed by atoms with E-state index in [2.05, 4.69) is 0 Å². The molecular weight excluding hydrogens is 393 g/mol. The predicted octanol–water partition coefficient (Wildman–Crippen LogP) is 5.09. The SMILES string of the molecule is CCOC(=O)CCCc1c(/C=C/c2ccccc2)c(F)cn(Cc2ccccc2)c1=O. The van der Waals surface area contributed by atoms with Crippen LogP contribution >= 0.6 is 0 Å². The average Bonchev–Trinajstić information content (AvgIpc) is 2.78. The maximum absolute atomic E-state index is 15.1. The number of halogens is 1. The van der Waals surface area contributed by atoms with E-state index in [-0.39, 0.29) is 30.1 Å². The fourth-order valence-electron chi connectivity index (χ4n) is 3.40. The first kappa shape index (κ1) is 22.2. The van der Waals surface area contributed by atoms with Gasteiger partial charge in [-0.15, -0.1) is 0 Å². The molecule has 0 aliphatic heterocycles. The van der Waals surface area contributed by atoms with Gasteiger partial charge in [-0.1, -0.05) is 72.8 Å². The number of hydrogen-bond donors (Lipinski definition) is 0. The monoisotopic (exact) mass is 419 g/mol. The smallest absolute Gasteiger partial charge is 0.305 e. The molecule has 2 aromatic carbocycles. The molecule has 5 heteroatoms. The van der Waals surface area contributed by atoms with Crippen LogP contribution in [0.25, 0.3) is 12.2 Å². The molecule has 0 N–H and O–H groups in total. The number of rotatable bonds is 9. The summed E-state index contributed by atoms with van der Waals surface area (Å²) in [5, 5.41) is 0. The van der Waals surface area contributed by atoms with Crippen LogP contribution in [0.3, 0.4) is 0 Å². The summed E-state index contributed by atoms with van der Waals surface area (Å²) in [6, 6.07) is 19.0. The van der Waals surface area contributed by atoms with Gasteiger partial charge in [0.25, 0.3) is 5.56 Å².